The molecule has 6 aromatic rings. The van der Waals surface area contributed by atoms with Crippen LogP contribution in [0.2, 0.25) is 0 Å². The summed E-state index contributed by atoms with van der Waals surface area (Å²) in [6.07, 6.45) is 3.67. The molecule has 0 saturated carbocycles. The fourth-order valence-corrected chi connectivity index (χ4v) is 4.37. The van der Waals surface area contributed by atoms with Crippen molar-refractivity contribution in [2.75, 3.05) is 0 Å². The summed E-state index contributed by atoms with van der Waals surface area (Å²) in [6.45, 7) is 0. The number of benzene rings is 4. The molecule has 6 rings (SSSR count). The maximum absolute atomic E-state index is 4.49. The second-order valence-corrected chi connectivity index (χ2v) is 8.64. The predicted octanol–water partition coefficient (Wildman–Crippen LogP) is 8.20. The number of hydrogen-bond donors (Lipinski definition) is 0. The van der Waals surface area contributed by atoms with Crippen LogP contribution < -0.4 is 0 Å². The topological polar surface area (TPSA) is 25.8 Å². The third-order valence-corrected chi connectivity index (χ3v) is 6.09. The fraction of sp³-hybridized carbons (Fsp3) is 0. The molecule has 0 fully saturated rings. The van der Waals surface area contributed by atoms with Gasteiger partial charge in [-0.1, -0.05) is 143 Å². The Hall–Kier alpha value is -4.04. The molecule has 2 heterocycles. The largest absolute Gasteiger partial charge is 1.00 e. The normalized spacial score (nSPS) is 9.60. The Bertz CT molecular complexity index is 1180. The van der Waals surface area contributed by atoms with Crippen molar-refractivity contribution in [2.24, 2.45) is 0 Å². The first-order chi connectivity index (χ1) is 18.9. The van der Waals surface area contributed by atoms with Crippen molar-refractivity contribution in [1.82, 2.24) is 9.97 Å². The monoisotopic (exact) mass is 614 g/mol. The third-order valence-electron chi connectivity index (χ3n) is 6.09. The van der Waals surface area contributed by atoms with E-state index in [1.54, 1.807) is 0 Å². The molecular formula is C36H28Cu2N2. The van der Waals surface area contributed by atoms with Gasteiger partial charge in [0.15, 0.2) is 0 Å². The minimum Gasteiger partial charge on any atom is -0.270 e. The van der Waals surface area contributed by atoms with Crippen LogP contribution in [0.15, 0.2) is 170 Å². The molecule has 0 aliphatic rings. The summed E-state index contributed by atoms with van der Waals surface area (Å²) < 4.78 is 0. The third kappa shape index (κ3) is 7.99. The Morgan fingerprint density at radius 1 is 0.300 bits per heavy atom. The van der Waals surface area contributed by atoms with E-state index in [4.69, 9.17) is 0 Å². The summed E-state index contributed by atoms with van der Waals surface area (Å²) in [5.74, 6) is 2.34. The van der Waals surface area contributed by atoms with Gasteiger partial charge in [-0.05, 0) is 0 Å². The Kier molecular flexibility index (Phi) is 12.3. The van der Waals surface area contributed by atoms with Crippen LogP contribution >= 0.6 is 0 Å². The van der Waals surface area contributed by atoms with Gasteiger partial charge in [-0.3, -0.25) is 9.97 Å². The van der Waals surface area contributed by atoms with Crippen LogP contribution in [-0.2, 0) is 34.1 Å². The number of aromatic nitrogens is 2. The summed E-state index contributed by atoms with van der Waals surface area (Å²) in [5.41, 5.74) is 6.75. The standard InChI is InChI=1S/2C18H14N.2Cu/c2*1-3-9-15(10-4-1)18(16-11-5-2-6-12-16)17-13-7-8-14-19-17;;/h2*1-14H;;/q2*-1;2*+1. The van der Waals surface area contributed by atoms with E-state index in [2.05, 4.69) is 119 Å². The van der Waals surface area contributed by atoms with Crippen LogP contribution in [0.25, 0.3) is 0 Å². The van der Waals surface area contributed by atoms with Crippen molar-refractivity contribution in [1.29, 1.82) is 0 Å². The Balaban J connectivity index is 0.000000210. The van der Waals surface area contributed by atoms with E-state index in [0.717, 1.165) is 11.4 Å². The van der Waals surface area contributed by atoms with Gasteiger partial charge in [0.25, 0.3) is 0 Å². The maximum atomic E-state index is 4.49. The van der Waals surface area contributed by atoms with Gasteiger partial charge in [-0.25, -0.2) is 0 Å². The van der Waals surface area contributed by atoms with Crippen molar-refractivity contribution >= 4 is 0 Å². The Labute approximate surface area is 258 Å². The zero-order valence-corrected chi connectivity index (χ0v) is 23.5. The molecule has 0 atom stereocenters. The minimum absolute atomic E-state index is 0. The van der Waals surface area contributed by atoms with Gasteiger partial charge in [0.2, 0.25) is 0 Å². The van der Waals surface area contributed by atoms with Crippen LogP contribution in [0.1, 0.15) is 33.6 Å². The van der Waals surface area contributed by atoms with Crippen LogP contribution in [0, 0.1) is 11.8 Å². The van der Waals surface area contributed by atoms with Crippen LogP contribution in [-0.4, -0.2) is 9.97 Å². The zero-order chi connectivity index (χ0) is 25.8. The molecular weight excluding hydrogens is 588 g/mol. The number of nitrogens with zero attached hydrogens (tertiary/aromatic N) is 2. The molecule has 0 radical (unpaired) electrons. The van der Waals surface area contributed by atoms with E-state index in [1.807, 2.05) is 60.9 Å². The van der Waals surface area contributed by atoms with Crippen molar-refractivity contribution in [3.8, 4) is 0 Å². The van der Waals surface area contributed by atoms with Crippen molar-refractivity contribution in [3.63, 3.8) is 0 Å². The smallest absolute Gasteiger partial charge is 0.270 e. The molecule has 40 heavy (non-hydrogen) atoms. The zero-order valence-electron chi connectivity index (χ0n) is 21.7. The Morgan fingerprint density at radius 2 is 0.550 bits per heavy atom. The van der Waals surface area contributed by atoms with E-state index >= 15 is 0 Å². The van der Waals surface area contributed by atoms with Crippen molar-refractivity contribution in [3.05, 3.63) is 216 Å². The van der Waals surface area contributed by atoms with Gasteiger partial charge in [0.05, 0.1) is 0 Å². The molecule has 204 valence electrons. The molecule has 4 aromatic carbocycles. The van der Waals surface area contributed by atoms with Gasteiger partial charge >= 0.3 is 34.1 Å². The van der Waals surface area contributed by atoms with Gasteiger partial charge in [-0.15, -0.1) is 48.5 Å². The van der Waals surface area contributed by atoms with Gasteiger partial charge in [-0.2, -0.15) is 0 Å². The quantitative estimate of drug-likeness (QED) is 0.140. The molecule has 0 aliphatic heterocycles. The van der Waals surface area contributed by atoms with E-state index in [-0.39, 0.29) is 34.1 Å². The van der Waals surface area contributed by atoms with Crippen LogP contribution in [0.5, 0.6) is 0 Å². The second kappa shape index (κ2) is 16.2. The summed E-state index contributed by atoms with van der Waals surface area (Å²) in [5, 5.41) is 0. The fourth-order valence-electron chi connectivity index (χ4n) is 4.37. The van der Waals surface area contributed by atoms with Crippen molar-refractivity contribution in [2.45, 2.75) is 0 Å². The summed E-state index contributed by atoms with van der Waals surface area (Å²) in [7, 11) is 0. The van der Waals surface area contributed by atoms with E-state index < -0.39 is 0 Å². The first kappa shape index (κ1) is 30.5. The van der Waals surface area contributed by atoms with Crippen molar-refractivity contribution < 1.29 is 34.1 Å². The molecule has 0 amide bonds. The maximum Gasteiger partial charge on any atom is 1.00 e. The van der Waals surface area contributed by atoms with Crippen LogP contribution in [0.4, 0.5) is 0 Å². The molecule has 0 spiro atoms. The molecule has 0 unspecified atom stereocenters. The molecule has 0 saturated heterocycles. The summed E-state index contributed by atoms with van der Waals surface area (Å²) >= 11 is 0. The minimum atomic E-state index is 0. The average Bonchev–Trinajstić information content (AvgIpc) is 3.01. The number of rotatable bonds is 6. The predicted molar refractivity (Wildman–Crippen MR) is 155 cm³/mol. The van der Waals surface area contributed by atoms with Gasteiger partial charge in [0, 0.05) is 23.8 Å². The molecule has 0 N–H and O–H groups in total. The molecule has 4 heteroatoms. The number of hydrogen-bond acceptors (Lipinski definition) is 2. The van der Waals surface area contributed by atoms with E-state index in [1.165, 1.54) is 34.1 Å². The first-order valence-electron chi connectivity index (χ1n) is 12.7. The van der Waals surface area contributed by atoms with E-state index in [9.17, 15) is 0 Å². The average molecular weight is 616 g/mol. The molecule has 2 nitrogen and oxygen atoms in total. The molecule has 0 aliphatic carbocycles. The molecule has 2 aromatic heterocycles. The van der Waals surface area contributed by atoms with Gasteiger partial charge in [0.1, 0.15) is 0 Å². The summed E-state index contributed by atoms with van der Waals surface area (Å²) in [6, 6.07) is 53.6. The Morgan fingerprint density at radius 3 is 0.775 bits per heavy atom. The summed E-state index contributed by atoms with van der Waals surface area (Å²) in [4.78, 5) is 8.99. The SMILES string of the molecule is [Cu+].[Cu+].c1ccc([C-](c2ccccc2)c2ccccn2)cc1.c1ccc([C-](c2ccccc2)c2ccccn2)cc1. The number of pyridine rings is 2. The van der Waals surface area contributed by atoms with Crippen LogP contribution in [0.3, 0.4) is 0 Å². The second-order valence-electron chi connectivity index (χ2n) is 8.64. The van der Waals surface area contributed by atoms with Gasteiger partial charge < -0.3 is 0 Å². The first-order valence-corrected chi connectivity index (χ1v) is 12.7. The van der Waals surface area contributed by atoms with E-state index in [0.29, 0.717) is 0 Å². The molecule has 0 bridgehead atoms.